The van der Waals surface area contributed by atoms with Crippen molar-refractivity contribution in [1.29, 1.82) is 0 Å². The molecular formula is C17H15FN4O2S. The number of anilines is 1. The molecule has 0 atom stereocenters. The lowest BCUT2D eigenvalue weighted by molar-refractivity contribution is 0.356. The van der Waals surface area contributed by atoms with Gasteiger partial charge in [0.1, 0.15) is 11.6 Å². The summed E-state index contributed by atoms with van der Waals surface area (Å²) in [7, 11) is 1.64. The Kier molecular flexibility index (Phi) is 3.96. The third-order valence-electron chi connectivity index (χ3n) is 4.23. The van der Waals surface area contributed by atoms with Crippen molar-refractivity contribution >= 4 is 17.3 Å². The molecule has 1 aromatic carbocycles. The summed E-state index contributed by atoms with van der Waals surface area (Å²) >= 11 is 1.38. The van der Waals surface area contributed by atoms with Gasteiger partial charge in [-0.25, -0.2) is 9.37 Å². The summed E-state index contributed by atoms with van der Waals surface area (Å²) in [6.07, 6.45) is 3.84. The average molecular weight is 358 g/mol. The largest absolute Gasteiger partial charge is 0.493 e. The summed E-state index contributed by atoms with van der Waals surface area (Å²) in [6, 6.07) is 3.06. The Morgan fingerprint density at radius 2 is 2.28 bits per heavy atom. The molecule has 0 saturated heterocycles. The molecule has 4 rings (SSSR count). The molecule has 0 bridgehead atoms. The molecule has 25 heavy (non-hydrogen) atoms. The molecule has 1 N–H and O–H groups in total. The maximum Gasteiger partial charge on any atom is 0.263 e. The molecule has 0 aliphatic carbocycles. The Hall–Kier alpha value is -2.74. The lowest BCUT2D eigenvalue weighted by atomic mass is 10.0. The van der Waals surface area contributed by atoms with E-state index in [4.69, 9.17) is 4.74 Å². The number of hydrogen-bond acceptors (Lipinski definition) is 6. The van der Waals surface area contributed by atoms with Crippen LogP contribution in [0.1, 0.15) is 11.1 Å². The number of rotatable bonds is 4. The molecule has 0 amide bonds. The monoisotopic (exact) mass is 358 g/mol. The zero-order valence-electron chi connectivity index (χ0n) is 13.5. The number of aromatic nitrogens is 3. The van der Waals surface area contributed by atoms with Gasteiger partial charge in [-0.2, -0.15) is 0 Å². The summed E-state index contributed by atoms with van der Waals surface area (Å²) in [5, 5.41) is 3.06. The topological polar surface area (TPSA) is 69.0 Å². The highest BCUT2D eigenvalue weighted by Gasteiger charge is 2.20. The lowest BCUT2D eigenvalue weighted by Gasteiger charge is -2.13. The summed E-state index contributed by atoms with van der Waals surface area (Å²) < 4.78 is 21.1. The number of benzene rings is 1. The Morgan fingerprint density at radius 1 is 1.40 bits per heavy atom. The third kappa shape index (κ3) is 2.78. The number of halogens is 1. The SMILES string of the molecule is Cn1c(NCc2c(F)ccc3c2CCO3)ncc(-c2cncs2)c1=O. The number of hydrogen-bond donors (Lipinski definition) is 1. The molecule has 0 spiro atoms. The minimum Gasteiger partial charge on any atom is -0.493 e. The van der Waals surface area contributed by atoms with Crippen LogP contribution in [0.2, 0.25) is 0 Å². The number of ether oxygens (including phenoxy) is 1. The molecule has 2 aromatic heterocycles. The molecule has 0 unspecified atom stereocenters. The van der Waals surface area contributed by atoms with Gasteiger partial charge in [0.25, 0.3) is 5.56 Å². The molecule has 128 valence electrons. The quantitative estimate of drug-likeness (QED) is 0.776. The van der Waals surface area contributed by atoms with E-state index in [2.05, 4.69) is 15.3 Å². The zero-order chi connectivity index (χ0) is 17.4. The van der Waals surface area contributed by atoms with Gasteiger partial charge >= 0.3 is 0 Å². The van der Waals surface area contributed by atoms with E-state index in [9.17, 15) is 9.18 Å². The van der Waals surface area contributed by atoms with Gasteiger partial charge in [-0.15, -0.1) is 11.3 Å². The smallest absolute Gasteiger partial charge is 0.263 e. The Balaban J connectivity index is 1.62. The number of nitrogens with one attached hydrogen (secondary N) is 1. The standard InChI is InChI=1S/C17H15FN4O2S/c1-22-16(23)12(15-8-19-9-25-15)7-21-17(22)20-6-11-10-4-5-24-14(10)3-2-13(11)18/h2-3,7-9H,4-6H2,1H3,(H,20,21). The van der Waals surface area contributed by atoms with Crippen molar-refractivity contribution in [2.45, 2.75) is 13.0 Å². The van der Waals surface area contributed by atoms with E-state index in [1.165, 1.54) is 28.2 Å². The number of nitrogens with zero attached hydrogens (tertiary/aromatic N) is 3. The fraction of sp³-hybridized carbons (Fsp3) is 0.235. The Morgan fingerprint density at radius 3 is 3.08 bits per heavy atom. The minimum absolute atomic E-state index is 0.177. The first kappa shape index (κ1) is 15.8. The molecule has 0 radical (unpaired) electrons. The molecule has 6 nitrogen and oxygen atoms in total. The van der Waals surface area contributed by atoms with Crippen LogP contribution in [0.3, 0.4) is 0 Å². The van der Waals surface area contributed by atoms with Gasteiger partial charge in [0.05, 0.1) is 22.6 Å². The third-order valence-corrected chi connectivity index (χ3v) is 5.04. The second-order valence-electron chi connectivity index (χ2n) is 5.68. The first-order chi connectivity index (χ1) is 12.1. The van der Waals surface area contributed by atoms with Crippen LogP contribution >= 0.6 is 11.3 Å². The number of thiazole rings is 1. The molecule has 1 aliphatic rings. The van der Waals surface area contributed by atoms with Crippen molar-refractivity contribution in [2.75, 3.05) is 11.9 Å². The summed E-state index contributed by atoms with van der Waals surface area (Å²) in [5.74, 6) is 0.817. The van der Waals surface area contributed by atoms with Gasteiger partial charge in [0.2, 0.25) is 5.95 Å². The average Bonchev–Trinajstić information content (AvgIpc) is 3.29. The second-order valence-corrected chi connectivity index (χ2v) is 6.57. The van der Waals surface area contributed by atoms with Gasteiger partial charge in [-0.1, -0.05) is 0 Å². The zero-order valence-corrected chi connectivity index (χ0v) is 14.3. The normalized spacial score (nSPS) is 12.7. The molecule has 3 heterocycles. The van der Waals surface area contributed by atoms with E-state index in [0.29, 0.717) is 30.1 Å². The van der Waals surface area contributed by atoms with Gasteiger partial charge in [-0.05, 0) is 12.1 Å². The van der Waals surface area contributed by atoms with Crippen molar-refractivity contribution < 1.29 is 9.13 Å². The van der Waals surface area contributed by atoms with Crippen molar-refractivity contribution in [3.05, 3.63) is 57.3 Å². The predicted molar refractivity (Wildman–Crippen MR) is 93.5 cm³/mol. The first-order valence-electron chi connectivity index (χ1n) is 7.77. The minimum atomic E-state index is -0.289. The summed E-state index contributed by atoms with van der Waals surface area (Å²) in [6.45, 7) is 0.796. The van der Waals surface area contributed by atoms with Crippen LogP contribution < -0.4 is 15.6 Å². The van der Waals surface area contributed by atoms with Crippen LogP contribution in [0.5, 0.6) is 5.75 Å². The molecule has 0 fully saturated rings. The van der Waals surface area contributed by atoms with Crippen LogP contribution in [-0.4, -0.2) is 21.1 Å². The van der Waals surface area contributed by atoms with Crippen LogP contribution in [0.25, 0.3) is 10.4 Å². The van der Waals surface area contributed by atoms with Crippen molar-refractivity contribution in [2.24, 2.45) is 7.05 Å². The van der Waals surface area contributed by atoms with Gasteiger partial charge in [0.15, 0.2) is 0 Å². The highest BCUT2D eigenvalue weighted by molar-refractivity contribution is 7.13. The summed E-state index contributed by atoms with van der Waals surface area (Å²) in [5.41, 5.74) is 3.41. The van der Waals surface area contributed by atoms with Crippen LogP contribution in [0.15, 0.2) is 34.8 Å². The Labute approximate surface area is 146 Å². The van der Waals surface area contributed by atoms with Crippen molar-refractivity contribution in [3.8, 4) is 16.2 Å². The van der Waals surface area contributed by atoms with E-state index in [1.54, 1.807) is 24.8 Å². The van der Waals surface area contributed by atoms with E-state index in [-0.39, 0.29) is 17.9 Å². The number of fused-ring (bicyclic) bond motifs is 1. The fourth-order valence-electron chi connectivity index (χ4n) is 2.90. The van der Waals surface area contributed by atoms with Crippen molar-refractivity contribution in [3.63, 3.8) is 0 Å². The van der Waals surface area contributed by atoms with Crippen LogP contribution in [-0.2, 0) is 20.0 Å². The highest BCUT2D eigenvalue weighted by atomic mass is 32.1. The van der Waals surface area contributed by atoms with E-state index >= 15 is 0 Å². The maximum absolute atomic E-state index is 14.2. The van der Waals surface area contributed by atoms with Crippen LogP contribution in [0.4, 0.5) is 10.3 Å². The van der Waals surface area contributed by atoms with E-state index < -0.39 is 0 Å². The molecular weight excluding hydrogens is 343 g/mol. The lowest BCUT2D eigenvalue weighted by Crippen LogP contribution is -2.23. The van der Waals surface area contributed by atoms with E-state index in [0.717, 1.165) is 16.2 Å². The molecule has 0 saturated carbocycles. The fourth-order valence-corrected chi connectivity index (χ4v) is 3.52. The van der Waals surface area contributed by atoms with Crippen molar-refractivity contribution in [1.82, 2.24) is 14.5 Å². The molecule has 3 aromatic rings. The maximum atomic E-state index is 14.2. The molecule has 1 aliphatic heterocycles. The van der Waals surface area contributed by atoms with Gasteiger partial charge < -0.3 is 10.1 Å². The predicted octanol–water partition coefficient (Wildman–Crippen LogP) is 2.59. The van der Waals surface area contributed by atoms with Crippen LogP contribution in [0, 0.1) is 5.82 Å². The highest BCUT2D eigenvalue weighted by Crippen LogP contribution is 2.30. The Bertz CT molecular complexity index is 985. The molecule has 8 heteroatoms. The van der Waals surface area contributed by atoms with Gasteiger partial charge in [-0.3, -0.25) is 14.3 Å². The van der Waals surface area contributed by atoms with E-state index in [1.807, 2.05) is 0 Å². The first-order valence-corrected chi connectivity index (χ1v) is 8.65. The summed E-state index contributed by atoms with van der Waals surface area (Å²) in [4.78, 5) is 21.6. The second kappa shape index (κ2) is 6.29. The van der Waals surface area contributed by atoms with Gasteiger partial charge in [0, 0.05) is 43.5 Å².